The molecule has 0 aliphatic rings. The normalized spacial score (nSPS) is 8.43. The van der Waals surface area contributed by atoms with Crippen molar-refractivity contribution in [1.29, 1.82) is 0 Å². The lowest BCUT2D eigenvalue weighted by Crippen LogP contribution is -1.87. The molecule has 70 valence electrons. The van der Waals surface area contributed by atoms with Gasteiger partial charge in [-0.1, -0.05) is 29.1 Å². The molecule has 0 saturated heterocycles. The van der Waals surface area contributed by atoms with Gasteiger partial charge in [0, 0.05) is 4.91 Å². The first-order chi connectivity index (χ1) is 6.75. The molecule has 0 unspecified atom stereocenters. The van der Waals surface area contributed by atoms with Crippen molar-refractivity contribution in [2.45, 2.75) is 6.92 Å². The van der Waals surface area contributed by atoms with Crippen LogP contribution in [-0.4, -0.2) is 6.54 Å². The van der Waals surface area contributed by atoms with E-state index in [9.17, 15) is 4.39 Å². The number of halogens is 1. The molecule has 0 heterocycles. The third kappa shape index (κ3) is 2.51. The molecule has 0 atom stereocenters. The third-order valence-corrected chi connectivity index (χ3v) is 1.63. The molecule has 0 fully saturated rings. The van der Waals surface area contributed by atoms with Crippen LogP contribution in [-0.2, 0) is 0 Å². The highest BCUT2D eigenvalue weighted by Crippen LogP contribution is 2.09. The minimum Gasteiger partial charge on any atom is -0.205 e. The summed E-state index contributed by atoms with van der Waals surface area (Å²) in [4.78, 5) is 2.54. The SMILES string of the molecule is Cc1cccc(C#CCN=[N+]=[N-])c1F. The van der Waals surface area contributed by atoms with E-state index in [4.69, 9.17) is 5.53 Å². The van der Waals surface area contributed by atoms with Crippen molar-refractivity contribution < 1.29 is 4.39 Å². The average Bonchev–Trinajstić information content (AvgIpc) is 2.19. The summed E-state index contributed by atoms with van der Waals surface area (Å²) in [5.74, 6) is 4.84. The van der Waals surface area contributed by atoms with Crippen LogP contribution in [0.1, 0.15) is 11.1 Å². The van der Waals surface area contributed by atoms with Gasteiger partial charge in [-0.15, -0.1) is 0 Å². The van der Waals surface area contributed by atoms with Gasteiger partial charge in [0.1, 0.15) is 5.82 Å². The lowest BCUT2D eigenvalue weighted by molar-refractivity contribution is 0.615. The second-order valence-corrected chi connectivity index (χ2v) is 2.63. The van der Waals surface area contributed by atoms with E-state index in [-0.39, 0.29) is 12.4 Å². The van der Waals surface area contributed by atoms with Crippen LogP contribution in [0.2, 0.25) is 0 Å². The molecule has 0 bridgehead atoms. The van der Waals surface area contributed by atoms with E-state index in [1.807, 2.05) is 0 Å². The van der Waals surface area contributed by atoms with E-state index in [2.05, 4.69) is 21.9 Å². The number of hydrogen-bond acceptors (Lipinski definition) is 1. The summed E-state index contributed by atoms with van der Waals surface area (Å²) >= 11 is 0. The largest absolute Gasteiger partial charge is 0.205 e. The van der Waals surface area contributed by atoms with Crippen molar-refractivity contribution in [1.82, 2.24) is 0 Å². The van der Waals surface area contributed by atoms with Gasteiger partial charge in [-0.05, 0) is 24.1 Å². The maximum Gasteiger partial charge on any atom is 0.141 e. The summed E-state index contributed by atoms with van der Waals surface area (Å²) < 4.78 is 13.3. The zero-order valence-corrected chi connectivity index (χ0v) is 7.66. The quantitative estimate of drug-likeness (QED) is 0.282. The predicted molar refractivity (Wildman–Crippen MR) is 52.0 cm³/mol. The second kappa shape index (κ2) is 4.90. The second-order valence-electron chi connectivity index (χ2n) is 2.63. The summed E-state index contributed by atoms with van der Waals surface area (Å²) in [5.41, 5.74) is 8.87. The minimum atomic E-state index is -0.319. The standard InChI is InChI=1S/C10H8FN3/c1-8-4-2-5-9(10(8)11)6-3-7-13-14-12/h2,4-5H,7H2,1H3. The molecule has 0 radical (unpaired) electrons. The molecular formula is C10H8FN3. The van der Waals surface area contributed by atoms with Gasteiger partial charge in [0.25, 0.3) is 0 Å². The van der Waals surface area contributed by atoms with Crippen molar-refractivity contribution in [3.8, 4) is 11.8 Å². The Morgan fingerprint density at radius 3 is 3.07 bits per heavy atom. The Morgan fingerprint density at radius 2 is 2.36 bits per heavy atom. The van der Waals surface area contributed by atoms with E-state index in [1.165, 1.54) is 0 Å². The molecule has 0 aliphatic heterocycles. The van der Waals surface area contributed by atoms with Gasteiger partial charge in [0.05, 0.1) is 12.1 Å². The molecule has 3 nitrogen and oxygen atoms in total. The summed E-state index contributed by atoms with van der Waals surface area (Å²) in [6.45, 7) is 1.73. The van der Waals surface area contributed by atoms with Gasteiger partial charge in [-0.25, -0.2) is 4.39 Å². The Labute approximate surface area is 81.2 Å². The van der Waals surface area contributed by atoms with E-state index >= 15 is 0 Å². The lowest BCUT2D eigenvalue weighted by Gasteiger charge is -1.96. The molecule has 0 aromatic heterocycles. The number of aryl methyl sites for hydroxylation is 1. The van der Waals surface area contributed by atoms with E-state index < -0.39 is 0 Å². The Hall–Kier alpha value is -1.98. The molecule has 0 aliphatic carbocycles. The van der Waals surface area contributed by atoms with Gasteiger partial charge >= 0.3 is 0 Å². The lowest BCUT2D eigenvalue weighted by atomic mass is 10.1. The molecule has 14 heavy (non-hydrogen) atoms. The molecule has 4 heteroatoms. The highest BCUT2D eigenvalue weighted by Gasteiger charge is 2.00. The fourth-order valence-electron chi connectivity index (χ4n) is 0.946. The number of rotatable bonds is 1. The van der Waals surface area contributed by atoms with Crippen LogP contribution in [0.3, 0.4) is 0 Å². The van der Waals surface area contributed by atoms with Crippen molar-refractivity contribution in [3.63, 3.8) is 0 Å². The van der Waals surface area contributed by atoms with Crippen LogP contribution < -0.4 is 0 Å². The molecule has 1 aromatic carbocycles. The summed E-state index contributed by atoms with van der Waals surface area (Å²) in [6.07, 6.45) is 0. The zero-order valence-electron chi connectivity index (χ0n) is 7.66. The molecule has 1 rings (SSSR count). The van der Waals surface area contributed by atoms with Gasteiger partial charge in [-0.2, -0.15) is 0 Å². The highest BCUT2D eigenvalue weighted by atomic mass is 19.1. The molecule has 0 saturated carbocycles. The molecule has 0 spiro atoms. The smallest absolute Gasteiger partial charge is 0.141 e. The Kier molecular flexibility index (Phi) is 3.54. The fourth-order valence-corrected chi connectivity index (χ4v) is 0.946. The average molecular weight is 189 g/mol. The summed E-state index contributed by atoms with van der Waals surface area (Å²) in [7, 11) is 0. The third-order valence-electron chi connectivity index (χ3n) is 1.63. The molecule has 0 amide bonds. The first kappa shape index (κ1) is 10.1. The number of nitrogens with zero attached hydrogens (tertiary/aromatic N) is 3. The molecule has 1 aromatic rings. The van der Waals surface area contributed by atoms with Crippen LogP contribution in [0.4, 0.5) is 4.39 Å². The minimum absolute atomic E-state index is 0.0594. The van der Waals surface area contributed by atoms with Crippen molar-refractivity contribution in [2.24, 2.45) is 5.11 Å². The highest BCUT2D eigenvalue weighted by molar-refractivity contribution is 5.38. The van der Waals surface area contributed by atoms with Crippen molar-refractivity contribution in [2.75, 3.05) is 6.54 Å². The van der Waals surface area contributed by atoms with Gasteiger partial charge in [-0.3, -0.25) is 0 Å². The summed E-state index contributed by atoms with van der Waals surface area (Å²) in [5, 5.41) is 3.22. The fraction of sp³-hybridized carbons (Fsp3) is 0.200. The van der Waals surface area contributed by atoms with Crippen molar-refractivity contribution in [3.05, 3.63) is 45.6 Å². The van der Waals surface area contributed by atoms with Crippen LogP contribution in [0.25, 0.3) is 10.4 Å². The maximum atomic E-state index is 13.3. The Morgan fingerprint density at radius 1 is 1.57 bits per heavy atom. The maximum absolute atomic E-state index is 13.3. The molecule has 0 N–H and O–H groups in total. The van der Waals surface area contributed by atoms with Gasteiger partial charge in [0.2, 0.25) is 0 Å². The van der Waals surface area contributed by atoms with Gasteiger partial charge < -0.3 is 0 Å². The predicted octanol–water partition coefficient (Wildman–Crippen LogP) is 2.80. The number of azide groups is 1. The van der Waals surface area contributed by atoms with E-state index in [0.717, 1.165) is 0 Å². The Balaban J connectivity index is 2.89. The van der Waals surface area contributed by atoms with Crippen molar-refractivity contribution >= 4 is 0 Å². The van der Waals surface area contributed by atoms with E-state index in [0.29, 0.717) is 11.1 Å². The number of benzene rings is 1. The van der Waals surface area contributed by atoms with Crippen LogP contribution in [0.5, 0.6) is 0 Å². The first-order valence-electron chi connectivity index (χ1n) is 4.00. The van der Waals surface area contributed by atoms with Crippen LogP contribution in [0, 0.1) is 24.6 Å². The van der Waals surface area contributed by atoms with Crippen LogP contribution in [0.15, 0.2) is 23.3 Å². The monoisotopic (exact) mass is 189 g/mol. The number of hydrogen-bond donors (Lipinski definition) is 0. The van der Waals surface area contributed by atoms with E-state index in [1.54, 1.807) is 25.1 Å². The van der Waals surface area contributed by atoms with Crippen LogP contribution >= 0.6 is 0 Å². The Bertz CT molecular complexity index is 436. The topological polar surface area (TPSA) is 48.8 Å². The first-order valence-corrected chi connectivity index (χ1v) is 4.00. The van der Waals surface area contributed by atoms with Gasteiger partial charge in [0.15, 0.2) is 0 Å². The zero-order chi connectivity index (χ0) is 10.4. The molecular weight excluding hydrogens is 181 g/mol. The summed E-state index contributed by atoms with van der Waals surface area (Å²) in [6, 6.07) is 5.00.